The van der Waals surface area contributed by atoms with Crippen LogP contribution in [-0.4, -0.2) is 66.6 Å². The monoisotopic (exact) mass is 436 g/mol. The number of thioether (sulfide) groups is 1. The van der Waals surface area contributed by atoms with Crippen LogP contribution in [0.5, 0.6) is 5.75 Å². The number of nitrogens with one attached hydrogen (secondary N) is 2. The highest BCUT2D eigenvalue weighted by molar-refractivity contribution is 8.04. The minimum Gasteiger partial charge on any atom is -0.497 e. The summed E-state index contributed by atoms with van der Waals surface area (Å²) in [6, 6.07) is 18.7. The lowest BCUT2D eigenvalue weighted by Gasteiger charge is -2.44. The average Bonchev–Trinajstić information content (AvgIpc) is 3.25. The smallest absolute Gasteiger partial charge is 0.237 e. The topological polar surface area (TPSA) is 56.8 Å². The van der Waals surface area contributed by atoms with E-state index in [1.54, 1.807) is 18.9 Å². The van der Waals surface area contributed by atoms with Crippen LogP contribution in [0, 0.1) is 0 Å². The Morgan fingerprint density at radius 3 is 2.48 bits per heavy atom. The predicted molar refractivity (Wildman–Crippen MR) is 124 cm³/mol. The molecule has 0 aromatic heterocycles. The van der Waals surface area contributed by atoms with Crippen LogP contribution >= 0.6 is 11.8 Å². The van der Waals surface area contributed by atoms with E-state index in [4.69, 9.17) is 4.74 Å². The largest absolute Gasteiger partial charge is 0.497 e. The lowest BCUT2D eigenvalue weighted by Crippen LogP contribution is -2.69. The molecule has 0 bridgehead atoms. The van der Waals surface area contributed by atoms with Gasteiger partial charge in [-0.15, -0.1) is 11.8 Å². The Bertz CT molecular complexity index is 942. The molecule has 3 aliphatic heterocycles. The van der Waals surface area contributed by atoms with E-state index in [1.807, 2.05) is 12.1 Å². The fraction of sp³-hybridized carbons (Fsp3) is 0.375. The van der Waals surface area contributed by atoms with E-state index in [2.05, 4.69) is 68.3 Å². The maximum Gasteiger partial charge on any atom is 0.237 e. The van der Waals surface area contributed by atoms with E-state index >= 15 is 0 Å². The van der Waals surface area contributed by atoms with Gasteiger partial charge in [-0.2, -0.15) is 0 Å². The van der Waals surface area contributed by atoms with Crippen LogP contribution in [0.1, 0.15) is 11.1 Å². The van der Waals surface area contributed by atoms with E-state index in [0.717, 1.165) is 44.0 Å². The van der Waals surface area contributed by atoms with Gasteiger partial charge in [0.05, 0.1) is 13.2 Å². The molecule has 31 heavy (non-hydrogen) atoms. The SMILES string of the molecule is COc1ccc(C2=CSC3C(=O)NC(N4CCN(Cc5ccccc5)CC4)NC23)cc1. The van der Waals surface area contributed by atoms with Crippen molar-refractivity contribution < 1.29 is 9.53 Å². The van der Waals surface area contributed by atoms with E-state index in [1.165, 1.54) is 11.1 Å². The van der Waals surface area contributed by atoms with Gasteiger partial charge in [0.2, 0.25) is 5.91 Å². The van der Waals surface area contributed by atoms with Crippen molar-refractivity contribution in [3.63, 3.8) is 0 Å². The molecular formula is C24H28N4O2S. The summed E-state index contributed by atoms with van der Waals surface area (Å²) in [5, 5.41) is 8.92. The maximum absolute atomic E-state index is 12.8. The zero-order valence-electron chi connectivity index (χ0n) is 17.7. The van der Waals surface area contributed by atoms with E-state index in [-0.39, 0.29) is 23.5 Å². The van der Waals surface area contributed by atoms with E-state index in [9.17, 15) is 4.79 Å². The van der Waals surface area contributed by atoms with Crippen LogP contribution in [0.25, 0.3) is 5.57 Å². The first-order valence-electron chi connectivity index (χ1n) is 10.8. The number of amides is 1. The molecule has 0 aliphatic carbocycles. The predicted octanol–water partition coefficient (Wildman–Crippen LogP) is 2.34. The van der Waals surface area contributed by atoms with Gasteiger partial charge in [-0.25, -0.2) is 0 Å². The van der Waals surface area contributed by atoms with Crippen molar-refractivity contribution in [2.24, 2.45) is 0 Å². The highest BCUT2D eigenvalue weighted by Gasteiger charge is 2.43. The van der Waals surface area contributed by atoms with Crippen LogP contribution in [-0.2, 0) is 11.3 Å². The average molecular weight is 437 g/mol. The number of methoxy groups -OCH3 is 1. The summed E-state index contributed by atoms with van der Waals surface area (Å²) >= 11 is 1.60. The van der Waals surface area contributed by atoms with Gasteiger partial charge >= 0.3 is 0 Å². The lowest BCUT2D eigenvalue weighted by atomic mass is 9.96. The van der Waals surface area contributed by atoms with Gasteiger partial charge in [0.15, 0.2) is 0 Å². The number of ether oxygens (including phenoxy) is 1. The van der Waals surface area contributed by atoms with Crippen LogP contribution in [0.3, 0.4) is 0 Å². The van der Waals surface area contributed by atoms with Crippen molar-refractivity contribution in [2.75, 3.05) is 33.3 Å². The van der Waals surface area contributed by atoms with Gasteiger partial charge in [0, 0.05) is 32.7 Å². The molecule has 3 atom stereocenters. The molecule has 0 spiro atoms. The van der Waals surface area contributed by atoms with Gasteiger partial charge in [-0.3, -0.25) is 19.9 Å². The van der Waals surface area contributed by atoms with Crippen molar-refractivity contribution in [2.45, 2.75) is 24.1 Å². The summed E-state index contributed by atoms with van der Waals surface area (Å²) in [5.41, 5.74) is 3.66. The second kappa shape index (κ2) is 9.04. The second-order valence-corrected chi connectivity index (χ2v) is 9.23. The molecular weight excluding hydrogens is 408 g/mol. The minimum absolute atomic E-state index is 0.0134. The lowest BCUT2D eigenvalue weighted by molar-refractivity contribution is -0.126. The molecule has 0 radical (unpaired) electrons. The summed E-state index contributed by atoms with van der Waals surface area (Å²) in [6.07, 6.45) is -0.132. The molecule has 2 saturated heterocycles. The number of carbonyl (C=O) groups is 1. The third-order valence-corrected chi connectivity index (χ3v) is 7.47. The van der Waals surface area contributed by atoms with Crippen LogP contribution in [0.2, 0.25) is 0 Å². The first-order chi connectivity index (χ1) is 15.2. The molecule has 0 saturated carbocycles. The number of rotatable bonds is 5. The third-order valence-electron chi connectivity index (χ3n) is 6.30. The van der Waals surface area contributed by atoms with Crippen LogP contribution < -0.4 is 15.4 Å². The summed E-state index contributed by atoms with van der Waals surface area (Å²) < 4.78 is 5.28. The van der Waals surface area contributed by atoms with E-state index in [0.29, 0.717) is 0 Å². The van der Waals surface area contributed by atoms with Crippen molar-refractivity contribution in [3.05, 3.63) is 71.1 Å². The Hall–Kier alpha value is -2.32. The Morgan fingerprint density at radius 1 is 1.03 bits per heavy atom. The molecule has 6 nitrogen and oxygen atoms in total. The van der Waals surface area contributed by atoms with Gasteiger partial charge in [0.1, 0.15) is 17.3 Å². The molecule has 7 heteroatoms. The minimum atomic E-state index is -0.132. The number of piperazine rings is 1. The molecule has 5 rings (SSSR count). The van der Waals surface area contributed by atoms with Crippen LogP contribution in [0.4, 0.5) is 0 Å². The summed E-state index contributed by atoms with van der Waals surface area (Å²) in [4.78, 5) is 17.7. The zero-order chi connectivity index (χ0) is 21.2. The fourth-order valence-electron chi connectivity index (χ4n) is 4.53. The Kier molecular flexibility index (Phi) is 6.00. The number of hydrogen-bond acceptors (Lipinski definition) is 6. The molecule has 3 aliphatic rings. The van der Waals surface area contributed by atoms with Crippen molar-refractivity contribution in [3.8, 4) is 5.75 Å². The summed E-state index contributed by atoms with van der Waals surface area (Å²) in [6.45, 7) is 4.82. The highest BCUT2D eigenvalue weighted by atomic mass is 32.2. The summed E-state index contributed by atoms with van der Waals surface area (Å²) in [7, 11) is 1.67. The van der Waals surface area contributed by atoms with Gasteiger partial charge in [-0.1, -0.05) is 42.5 Å². The van der Waals surface area contributed by atoms with Crippen LogP contribution in [0.15, 0.2) is 60.0 Å². The van der Waals surface area contributed by atoms with Gasteiger partial charge in [-0.05, 0) is 34.2 Å². The first kappa shape index (κ1) is 20.6. The molecule has 2 fully saturated rings. The van der Waals surface area contributed by atoms with E-state index < -0.39 is 0 Å². The standard InChI is InChI=1S/C24H28N4O2S/c1-30-19-9-7-18(8-10-19)20-16-31-22-21(20)25-24(26-23(22)29)28-13-11-27(12-14-28)15-17-5-3-2-4-6-17/h2-10,16,21-22,24-25H,11-15H2,1H3,(H,26,29). The maximum atomic E-state index is 12.8. The molecule has 162 valence electrons. The van der Waals surface area contributed by atoms with Crippen molar-refractivity contribution >= 4 is 23.2 Å². The normalized spacial score (nSPS) is 26.8. The molecule has 2 aromatic rings. The number of carbonyl (C=O) groups excluding carboxylic acids is 1. The zero-order valence-corrected chi connectivity index (χ0v) is 18.5. The number of hydrogen-bond donors (Lipinski definition) is 2. The molecule has 3 unspecified atom stereocenters. The third kappa shape index (κ3) is 4.36. The van der Waals surface area contributed by atoms with Gasteiger partial charge in [0.25, 0.3) is 0 Å². The van der Waals surface area contributed by atoms with Gasteiger partial charge < -0.3 is 10.1 Å². The number of benzene rings is 2. The Morgan fingerprint density at radius 2 is 1.77 bits per heavy atom. The number of fused-ring (bicyclic) bond motifs is 1. The van der Waals surface area contributed by atoms with Crippen molar-refractivity contribution in [1.29, 1.82) is 0 Å². The first-order valence-corrected chi connectivity index (χ1v) is 11.7. The highest BCUT2D eigenvalue weighted by Crippen LogP contribution is 2.39. The second-order valence-electron chi connectivity index (χ2n) is 8.21. The summed E-state index contributed by atoms with van der Waals surface area (Å²) in [5.74, 6) is 0.956. The quantitative estimate of drug-likeness (QED) is 0.751. The fourth-order valence-corrected chi connectivity index (χ4v) is 5.68. The molecule has 3 heterocycles. The molecule has 1 amide bonds. The molecule has 2 aromatic carbocycles. The van der Waals surface area contributed by atoms with Crippen molar-refractivity contribution in [1.82, 2.24) is 20.4 Å². The Balaban J connectivity index is 1.22. The Labute approximate surface area is 187 Å². The number of nitrogens with zero attached hydrogens (tertiary/aromatic N) is 2. The molecule has 2 N–H and O–H groups in total.